The van der Waals surface area contributed by atoms with E-state index in [1.54, 1.807) is 16.8 Å². The second kappa shape index (κ2) is 9.17. The third kappa shape index (κ3) is 4.93. The fourth-order valence-electron chi connectivity index (χ4n) is 3.79. The molecule has 0 aliphatic carbocycles. The highest BCUT2D eigenvalue weighted by atomic mass is 19.1. The maximum Gasteiger partial charge on any atom is 0.250 e. The molecular weight excluding hydrogens is 413 g/mol. The zero-order valence-corrected chi connectivity index (χ0v) is 17.5. The van der Waals surface area contributed by atoms with Gasteiger partial charge in [0.2, 0.25) is 11.9 Å². The third-order valence-electron chi connectivity index (χ3n) is 5.46. The topological polar surface area (TPSA) is 112 Å². The van der Waals surface area contributed by atoms with E-state index in [9.17, 15) is 19.1 Å². The molecule has 4 rings (SSSR count). The number of carbonyl (C=O) groups excluding carboxylic acids is 2. The van der Waals surface area contributed by atoms with Gasteiger partial charge in [0.1, 0.15) is 5.82 Å². The molecule has 1 amide bonds. The first-order chi connectivity index (χ1) is 15.4. The van der Waals surface area contributed by atoms with Gasteiger partial charge in [-0.15, -0.1) is 5.10 Å². The summed E-state index contributed by atoms with van der Waals surface area (Å²) in [4.78, 5) is 27.1. The van der Waals surface area contributed by atoms with E-state index in [1.807, 2.05) is 19.1 Å². The SMILES string of the molecule is Cc1ccc([C@@H]2C[C@@H](c3ccc(F)cc3)n3nc(NC(=O)CCCC(=O)[O-])nc3N2)cc1. The average Bonchev–Trinajstić information content (AvgIpc) is 3.16. The lowest BCUT2D eigenvalue weighted by molar-refractivity contribution is -0.305. The van der Waals surface area contributed by atoms with Crippen LogP contribution in [0.25, 0.3) is 0 Å². The van der Waals surface area contributed by atoms with Crippen LogP contribution < -0.4 is 15.7 Å². The normalized spacial score (nSPS) is 17.3. The second-order valence-corrected chi connectivity index (χ2v) is 7.89. The summed E-state index contributed by atoms with van der Waals surface area (Å²) in [5, 5.41) is 21.0. The number of amides is 1. The molecule has 0 saturated carbocycles. The molecule has 166 valence electrons. The van der Waals surface area contributed by atoms with Crippen LogP contribution in [0.2, 0.25) is 0 Å². The lowest BCUT2D eigenvalue weighted by Crippen LogP contribution is -2.28. The van der Waals surface area contributed by atoms with E-state index >= 15 is 0 Å². The molecule has 1 aromatic heterocycles. The Morgan fingerprint density at radius 3 is 2.50 bits per heavy atom. The fourth-order valence-corrected chi connectivity index (χ4v) is 3.79. The molecule has 0 bridgehead atoms. The van der Waals surface area contributed by atoms with E-state index in [4.69, 9.17) is 0 Å². The largest absolute Gasteiger partial charge is 0.550 e. The maximum atomic E-state index is 13.5. The fraction of sp³-hybridized carbons (Fsp3) is 0.304. The van der Waals surface area contributed by atoms with Gasteiger partial charge in [0.25, 0.3) is 5.95 Å². The number of hydrogen-bond donors (Lipinski definition) is 2. The van der Waals surface area contributed by atoms with Gasteiger partial charge < -0.3 is 15.2 Å². The summed E-state index contributed by atoms with van der Waals surface area (Å²) >= 11 is 0. The number of nitrogens with one attached hydrogen (secondary N) is 2. The van der Waals surface area contributed by atoms with E-state index in [-0.39, 0.29) is 49.0 Å². The van der Waals surface area contributed by atoms with E-state index in [2.05, 4.69) is 32.8 Å². The number of carboxylic acid groups (broad SMARTS) is 1. The maximum absolute atomic E-state index is 13.5. The first-order valence-corrected chi connectivity index (χ1v) is 10.4. The molecule has 0 spiro atoms. The highest BCUT2D eigenvalue weighted by Gasteiger charge is 2.31. The van der Waals surface area contributed by atoms with Crippen LogP contribution in [0.3, 0.4) is 0 Å². The molecule has 32 heavy (non-hydrogen) atoms. The number of fused-ring (bicyclic) bond motifs is 1. The van der Waals surface area contributed by atoms with E-state index < -0.39 is 5.97 Å². The van der Waals surface area contributed by atoms with Gasteiger partial charge in [0.05, 0.1) is 12.1 Å². The predicted octanol–water partition coefficient (Wildman–Crippen LogP) is 2.73. The number of carbonyl (C=O) groups is 2. The molecule has 0 fully saturated rings. The van der Waals surface area contributed by atoms with Crippen LogP contribution in [-0.4, -0.2) is 26.6 Å². The van der Waals surface area contributed by atoms with Crippen molar-refractivity contribution in [2.75, 3.05) is 10.6 Å². The van der Waals surface area contributed by atoms with E-state index in [0.29, 0.717) is 12.4 Å². The number of nitrogens with zero attached hydrogens (tertiary/aromatic N) is 3. The zero-order chi connectivity index (χ0) is 22.7. The Hall–Kier alpha value is -3.75. The number of aromatic nitrogens is 3. The second-order valence-electron chi connectivity index (χ2n) is 7.89. The molecule has 2 atom stereocenters. The average molecular weight is 436 g/mol. The van der Waals surface area contributed by atoms with Crippen molar-refractivity contribution in [2.45, 2.75) is 44.7 Å². The summed E-state index contributed by atoms with van der Waals surface area (Å²) in [6.07, 6.45) is 0.670. The van der Waals surface area contributed by atoms with Crippen molar-refractivity contribution in [1.82, 2.24) is 14.8 Å². The molecule has 8 nitrogen and oxygen atoms in total. The first-order valence-electron chi connectivity index (χ1n) is 10.4. The Morgan fingerprint density at radius 2 is 1.81 bits per heavy atom. The smallest absolute Gasteiger partial charge is 0.250 e. The van der Waals surface area contributed by atoms with Crippen LogP contribution in [0, 0.1) is 12.7 Å². The Kier molecular flexibility index (Phi) is 6.16. The molecular formula is C23H23FN5O3-. The van der Waals surface area contributed by atoms with Gasteiger partial charge in [0.15, 0.2) is 0 Å². The van der Waals surface area contributed by atoms with Crippen LogP contribution in [0.15, 0.2) is 48.5 Å². The van der Waals surface area contributed by atoms with Gasteiger partial charge in [0, 0.05) is 12.4 Å². The van der Waals surface area contributed by atoms with Gasteiger partial charge in [-0.3, -0.25) is 10.1 Å². The molecule has 2 N–H and O–H groups in total. The van der Waals surface area contributed by atoms with Gasteiger partial charge >= 0.3 is 0 Å². The van der Waals surface area contributed by atoms with Crippen LogP contribution in [-0.2, 0) is 9.59 Å². The van der Waals surface area contributed by atoms with Crippen molar-refractivity contribution >= 4 is 23.8 Å². The number of hydrogen-bond acceptors (Lipinski definition) is 6. The standard InChI is InChI=1S/C23H24FN5O3/c1-14-5-7-15(8-6-14)18-13-19(16-9-11-17(24)12-10-16)29-23(25-18)27-22(28-29)26-20(30)3-2-4-21(31)32/h5-12,18-19H,2-4,13H2,1H3,(H,31,32)(H2,25,26,27,28,30)/p-1/t18-,19-/m0/s1. The Balaban J connectivity index is 1.59. The van der Waals surface area contributed by atoms with Gasteiger partial charge in [-0.05, 0) is 49.4 Å². The minimum Gasteiger partial charge on any atom is -0.550 e. The van der Waals surface area contributed by atoms with Crippen LogP contribution in [0.5, 0.6) is 0 Å². The van der Waals surface area contributed by atoms with E-state index in [0.717, 1.165) is 16.7 Å². The summed E-state index contributed by atoms with van der Waals surface area (Å²) in [6.45, 7) is 2.03. The lowest BCUT2D eigenvalue weighted by Gasteiger charge is -2.31. The highest BCUT2D eigenvalue weighted by Crippen LogP contribution is 2.38. The molecule has 3 aromatic rings. The van der Waals surface area contributed by atoms with Gasteiger partial charge in [-0.1, -0.05) is 42.0 Å². The number of carboxylic acids is 1. The van der Waals surface area contributed by atoms with Gasteiger partial charge in [-0.25, -0.2) is 9.07 Å². The van der Waals surface area contributed by atoms with Crippen molar-refractivity contribution in [3.63, 3.8) is 0 Å². The quantitative estimate of drug-likeness (QED) is 0.589. The van der Waals surface area contributed by atoms with Crippen molar-refractivity contribution < 1.29 is 19.1 Å². The molecule has 2 aromatic carbocycles. The van der Waals surface area contributed by atoms with Crippen LogP contribution in [0.4, 0.5) is 16.3 Å². The van der Waals surface area contributed by atoms with Crippen molar-refractivity contribution in [3.05, 3.63) is 71.0 Å². The van der Waals surface area contributed by atoms with Crippen molar-refractivity contribution in [1.29, 1.82) is 0 Å². The number of halogens is 1. The minimum atomic E-state index is -1.19. The number of benzene rings is 2. The monoisotopic (exact) mass is 436 g/mol. The Morgan fingerprint density at radius 1 is 1.12 bits per heavy atom. The summed E-state index contributed by atoms with van der Waals surface area (Å²) in [5.74, 6) is -1.27. The summed E-state index contributed by atoms with van der Waals surface area (Å²) in [6, 6.07) is 14.2. The predicted molar refractivity (Wildman–Crippen MR) is 114 cm³/mol. The molecule has 0 radical (unpaired) electrons. The molecule has 0 unspecified atom stereocenters. The summed E-state index contributed by atoms with van der Waals surface area (Å²) in [7, 11) is 0. The summed E-state index contributed by atoms with van der Waals surface area (Å²) < 4.78 is 15.2. The van der Waals surface area contributed by atoms with Crippen molar-refractivity contribution in [3.8, 4) is 0 Å². The van der Waals surface area contributed by atoms with Crippen LogP contribution in [0.1, 0.15) is 54.5 Å². The number of aryl methyl sites for hydroxylation is 1. The number of rotatable bonds is 7. The Bertz CT molecular complexity index is 1110. The minimum absolute atomic E-state index is 0.0265. The summed E-state index contributed by atoms with van der Waals surface area (Å²) in [5.41, 5.74) is 3.12. The molecule has 0 saturated heterocycles. The zero-order valence-electron chi connectivity index (χ0n) is 17.5. The molecule has 2 heterocycles. The highest BCUT2D eigenvalue weighted by molar-refractivity contribution is 5.89. The van der Waals surface area contributed by atoms with Crippen molar-refractivity contribution in [2.24, 2.45) is 0 Å². The molecule has 9 heteroatoms. The molecule has 1 aliphatic rings. The Labute approximate surface area is 184 Å². The first kappa shape index (κ1) is 21.5. The van der Waals surface area contributed by atoms with Gasteiger partial charge in [-0.2, -0.15) is 4.98 Å². The third-order valence-corrected chi connectivity index (χ3v) is 5.46. The van der Waals surface area contributed by atoms with E-state index in [1.165, 1.54) is 12.1 Å². The number of aliphatic carboxylic acids is 1. The van der Waals surface area contributed by atoms with Crippen LogP contribution >= 0.6 is 0 Å². The molecule has 1 aliphatic heterocycles. The number of anilines is 2. The lowest BCUT2D eigenvalue weighted by atomic mass is 9.93.